The summed E-state index contributed by atoms with van der Waals surface area (Å²) in [6.07, 6.45) is 0.364. The third-order valence-electron chi connectivity index (χ3n) is 1.05. The van der Waals surface area contributed by atoms with Crippen LogP contribution in [0.2, 0.25) is 0 Å². The molecule has 0 aromatic carbocycles. The SMILES string of the molecule is CC(C)(C)ON(C=O)CCC(=O)O. The minimum atomic E-state index is -0.954. The van der Waals surface area contributed by atoms with Crippen molar-refractivity contribution in [1.82, 2.24) is 5.06 Å². The maximum Gasteiger partial charge on any atom is 0.305 e. The first-order chi connectivity index (χ1) is 5.85. The molecule has 1 amide bonds. The number of carboxylic acid groups (broad SMARTS) is 1. The molecule has 0 saturated heterocycles. The van der Waals surface area contributed by atoms with Gasteiger partial charge in [0.2, 0.25) is 6.41 Å². The summed E-state index contributed by atoms with van der Waals surface area (Å²) in [5.74, 6) is -0.954. The molecule has 0 aromatic heterocycles. The number of hydrogen-bond donors (Lipinski definition) is 1. The number of carboxylic acids is 1. The molecule has 0 bridgehead atoms. The predicted molar refractivity (Wildman–Crippen MR) is 45.9 cm³/mol. The van der Waals surface area contributed by atoms with Crippen molar-refractivity contribution in [3.05, 3.63) is 0 Å². The Morgan fingerprint density at radius 1 is 1.54 bits per heavy atom. The maximum atomic E-state index is 10.4. The molecule has 0 rings (SSSR count). The Hall–Kier alpha value is -1.10. The van der Waals surface area contributed by atoms with Crippen LogP contribution >= 0.6 is 0 Å². The zero-order chi connectivity index (χ0) is 10.5. The van der Waals surface area contributed by atoms with Gasteiger partial charge < -0.3 is 5.11 Å². The van der Waals surface area contributed by atoms with E-state index in [1.54, 1.807) is 20.8 Å². The standard InChI is InChI=1S/C8H15NO4/c1-8(2,3)13-9(6-10)5-4-7(11)12/h6H,4-5H2,1-3H3,(H,11,12). The van der Waals surface area contributed by atoms with Gasteiger partial charge in [0.1, 0.15) is 0 Å². The van der Waals surface area contributed by atoms with Crippen LogP contribution in [-0.4, -0.2) is 34.7 Å². The number of amides is 1. The smallest absolute Gasteiger partial charge is 0.305 e. The minimum absolute atomic E-state index is 0.0656. The van der Waals surface area contributed by atoms with E-state index in [9.17, 15) is 9.59 Å². The van der Waals surface area contributed by atoms with Crippen molar-refractivity contribution >= 4 is 12.4 Å². The molecular weight excluding hydrogens is 174 g/mol. The number of nitrogens with zero attached hydrogens (tertiary/aromatic N) is 1. The molecule has 0 aliphatic heterocycles. The van der Waals surface area contributed by atoms with Crippen LogP contribution < -0.4 is 0 Å². The highest BCUT2D eigenvalue weighted by atomic mass is 16.7. The molecule has 5 heteroatoms. The molecule has 76 valence electrons. The van der Waals surface area contributed by atoms with E-state index in [-0.39, 0.29) is 13.0 Å². The molecule has 1 N–H and O–H groups in total. The summed E-state index contributed by atoms with van der Waals surface area (Å²) >= 11 is 0. The average molecular weight is 189 g/mol. The zero-order valence-corrected chi connectivity index (χ0v) is 8.11. The Morgan fingerprint density at radius 3 is 2.38 bits per heavy atom. The van der Waals surface area contributed by atoms with Gasteiger partial charge in [-0.2, -0.15) is 0 Å². The van der Waals surface area contributed by atoms with Crippen molar-refractivity contribution in [2.45, 2.75) is 32.8 Å². The number of hydrogen-bond acceptors (Lipinski definition) is 3. The van der Waals surface area contributed by atoms with Gasteiger partial charge in [-0.15, -0.1) is 0 Å². The third-order valence-corrected chi connectivity index (χ3v) is 1.05. The first-order valence-electron chi connectivity index (χ1n) is 3.98. The molecule has 0 unspecified atom stereocenters. The van der Waals surface area contributed by atoms with Crippen molar-refractivity contribution in [3.63, 3.8) is 0 Å². The second-order valence-electron chi connectivity index (χ2n) is 3.59. The summed E-state index contributed by atoms with van der Waals surface area (Å²) in [5.41, 5.74) is -0.487. The van der Waals surface area contributed by atoms with Gasteiger partial charge >= 0.3 is 5.97 Å². The summed E-state index contributed by atoms with van der Waals surface area (Å²) in [6, 6.07) is 0. The molecular formula is C8H15NO4. The van der Waals surface area contributed by atoms with Crippen LogP contribution in [0.3, 0.4) is 0 Å². The van der Waals surface area contributed by atoms with Crippen molar-refractivity contribution in [2.24, 2.45) is 0 Å². The fourth-order valence-electron chi connectivity index (χ4n) is 0.677. The van der Waals surface area contributed by atoms with Gasteiger partial charge in [0.05, 0.1) is 18.6 Å². The number of carbonyl (C=O) groups is 2. The van der Waals surface area contributed by atoms with Crippen LogP contribution in [0.1, 0.15) is 27.2 Å². The second-order valence-corrected chi connectivity index (χ2v) is 3.59. The lowest BCUT2D eigenvalue weighted by molar-refractivity contribution is -0.216. The maximum absolute atomic E-state index is 10.4. The summed E-state index contributed by atoms with van der Waals surface area (Å²) in [5, 5.41) is 9.35. The van der Waals surface area contributed by atoms with Crippen LogP contribution in [-0.2, 0) is 14.4 Å². The highest BCUT2D eigenvalue weighted by molar-refractivity contribution is 5.67. The molecule has 0 fully saturated rings. The van der Waals surface area contributed by atoms with Gasteiger partial charge in [-0.3, -0.25) is 14.4 Å². The first-order valence-corrected chi connectivity index (χ1v) is 3.98. The molecule has 0 saturated carbocycles. The Balaban J connectivity index is 3.90. The molecule has 13 heavy (non-hydrogen) atoms. The number of aliphatic carboxylic acids is 1. The van der Waals surface area contributed by atoms with E-state index < -0.39 is 11.6 Å². The van der Waals surface area contributed by atoms with Crippen molar-refractivity contribution in [2.75, 3.05) is 6.54 Å². The Bertz CT molecular complexity index is 185. The van der Waals surface area contributed by atoms with E-state index in [0.717, 1.165) is 5.06 Å². The molecule has 0 atom stereocenters. The van der Waals surface area contributed by atoms with Crippen molar-refractivity contribution in [3.8, 4) is 0 Å². The second kappa shape index (κ2) is 4.81. The largest absolute Gasteiger partial charge is 0.481 e. The number of carbonyl (C=O) groups excluding carboxylic acids is 1. The van der Waals surface area contributed by atoms with Crippen molar-refractivity contribution in [1.29, 1.82) is 0 Å². The monoisotopic (exact) mass is 189 g/mol. The van der Waals surface area contributed by atoms with Gasteiger partial charge in [0, 0.05) is 0 Å². The van der Waals surface area contributed by atoms with E-state index in [4.69, 9.17) is 9.94 Å². The van der Waals surface area contributed by atoms with Gasteiger partial charge in [-0.25, -0.2) is 5.06 Å². The van der Waals surface area contributed by atoms with Crippen LogP contribution in [0, 0.1) is 0 Å². The van der Waals surface area contributed by atoms with Crippen molar-refractivity contribution < 1.29 is 19.5 Å². The summed E-state index contributed by atoms with van der Waals surface area (Å²) in [6.45, 7) is 5.41. The Labute approximate surface area is 77.2 Å². The van der Waals surface area contributed by atoms with Crippen LogP contribution in [0.25, 0.3) is 0 Å². The molecule has 0 spiro atoms. The lowest BCUT2D eigenvalue weighted by atomic mass is 10.2. The molecule has 0 radical (unpaired) electrons. The van der Waals surface area contributed by atoms with Crippen LogP contribution in [0.15, 0.2) is 0 Å². The highest BCUT2D eigenvalue weighted by Gasteiger charge is 2.16. The quantitative estimate of drug-likeness (QED) is 0.509. The van der Waals surface area contributed by atoms with Gasteiger partial charge in [0.25, 0.3) is 0 Å². The lowest BCUT2D eigenvalue weighted by Crippen LogP contribution is -2.34. The van der Waals surface area contributed by atoms with E-state index in [1.165, 1.54) is 0 Å². The fourth-order valence-corrected chi connectivity index (χ4v) is 0.677. The number of hydroxylamine groups is 2. The van der Waals surface area contributed by atoms with E-state index in [0.29, 0.717) is 6.41 Å². The topological polar surface area (TPSA) is 66.8 Å². The van der Waals surface area contributed by atoms with E-state index >= 15 is 0 Å². The lowest BCUT2D eigenvalue weighted by Gasteiger charge is -2.26. The fraction of sp³-hybridized carbons (Fsp3) is 0.750. The normalized spacial score (nSPS) is 11.0. The van der Waals surface area contributed by atoms with E-state index in [2.05, 4.69) is 0 Å². The summed E-state index contributed by atoms with van der Waals surface area (Å²) in [4.78, 5) is 25.7. The predicted octanol–water partition coefficient (Wildman–Crippen LogP) is 0.650. The zero-order valence-electron chi connectivity index (χ0n) is 8.11. The van der Waals surface area contributed by atoms with Crippen LogP contribution in [0.5, 0.6) is 0 Å². The van der Waals surface area contributed by atoms with Gasteiger partial charge in [-0.1, -0.05) is 0 Å². The average Bonchev–Trinajstić information content (AvgIpc) is 1.95. The van der Waals surface area contributed by atoms with Crippen LogP contribution in [0.4, 0.5) is 0 Å². The van der Waals surface area contributed by atoms with Gasteiger partial charge in [0.15, 0.2) is 0 Å². The Kier molecular flexibility index (Phi) is 4.40. The molecule has 0 aliphatic rings. The minimum Gasteiger partial charge on any atom is -0.481 e. The third kappa shape index (κ3) is 7.27. The molecule has 0 heterocycles. The summed E-state index contributed by atoms with van der Waals surface area (Å²) < 4.78 is 0. The summed E-state index contributed by atoms with van der Waals surface area (Å²) in [7, 11) is 0. The molecule has 0 aliphatic carbocycles. The molecule has 5 nitrogen and oxygen atoms in total. The van der Waals surface area contributed by atoms with Gasteiger partial charge in [-0.05, 0) is 20.8 Å². The molecule has 0 aromatic rings. The number of rotatable bonds is 5. The first kappa shape index (κ1) is 11.9. The van der Waals surface area contributed by atoms with E-state index in [1.807, 2.05) is 0 Å². The highest BCUT2D eigenvalue weighted by Crippen LogP contribution is 2.08. The Morgan fingerprint density at radius 2 is 2.08 bits per heavy atom.